The summed E-state index contributed by atoms with van der Waals surface area (Å²) in [4.78, 5) is 25.1. The number of anilines is 1. The monoisotopic (exact) mass is 471 g/mol. The first-order valence-corrected chi connectivity index (χ1v) is 11.6. The number of hydrogen-bond acceptors (Lipinski definition) is 5. The molecule has 0 aliphatic rings. The molecule has 1 atom stereocenters. The van der Waals surface area contributed by atoms with Crippen molar-refractivity contribution in [3.8, 4) is 0 Å². The van der Waals surface area contributed by atoms with Gasteiger partial charge in [-0.25, -0.2) is 0 Å². The molecule has 0 radical (unpaired) electrons. The lowest BCUT2D eigenvalue weighted by Gasteiger charge is -2.21. The topological polar surface area (TPSA) is 88.9 Å². The molecule has 0 spiro atoms. The van der Waals surface area contributed by atoms with Crippen LogP contribution in [0.4, 0.5) is 5.69 Å². The predicted octanol–water partition coefficient (Wildman–Crippen LogP) is 4.63. The molecule has 0 aliphatic carbocycles. The lowest BCUT2D eigenvalue weighted by atomic mass is 10.0. The van der Waals surface area contributed by atoms with E-state index < -0.39 is 0 Å². The van der Waals surface area contributed by atoms with Crippen molar-refractivity contribution in [2.45, 2.75) is 32.0 Å². The van der Waals surface area contributed by atoms with Gasteiger partial charge in [-0.05, 0) is 43.2 Å². The van der Waals surface area contributed by atoms with Crippen molar-refractivity contribution in [1.29, 1.82) is 0 Å². The minimum Gasteiger partial charge on any atom is -0.342 e. The van der Waals surface area contributed by atoms with Gasteiger partial charge in [-0.2, -0.15) is 0 Å². The summed E-state index contributed by atoms with van der Waals surface area (Å²) in [6, 6.07) is 14.1. The van der Waals surface area contributed by atoms with Gasteiger partial charge in [-0.1, -0.05) is 61.0 Å². The first-order chi connectivity index (χ1) is 15.2. The molecular formula is C23H26ClN5O2S. The number of benzene rings is 2. The van der Waals surface area contributed by atoms with Gasteiger partial charge in [0.15, 0.2) is 11.0 Å². The van der Waals surface area contributed by atoms with Gasteiger partial charge in [0.25, 0.3) is 5.91 Å². The first kappa shape index (κ1) is 23.8. The highest BCUT2D eigenvalue weighted by molar-refractivity contribution is 7.99. The summed E-state index contributed by atoms with van der Waals surface area (Å²) in [5.74, 6) is 0.565. The highest BCUT2D eigenvalue weighted by Crippen LogP contribution is 2.25. The molecule has 3 aromatic rings. The zero-order chi connectivity index (χ0) is 23.3. The van der Waals surface area contributed by atoms with Crippen LogP contribution < -0.4 is 10.6 Å². The van der Waals surface area contributed by atoms with Crippen LogP contribution in [0, 0.1) is 12.8 Å². The summed E-state index contributed by atoms with van der Waals surface area (Å²) in [6.45, 7) is 5.98. The van der Waals surface area contributed by atoms with Gasteiger partial charge in [0.1, 0.15) is 0 Å². The van der Waals surface area contributed by atoms with E-state index in [1.807, 2.05) is 50.6 Å². The van der Waals surface area contributed by atoms with Gasteiger partial charge in [0.05, 0.1) is 11.8 Å². The zero-order valence-corrected chi connectivity index (χ0v) is 20.0. The van der Waals surface area contributed by atoms with Crippen LogP contribution in [0.1, 0.15) is 41.6 Å². The number of hydrogen-bond donors (Lipinski definition) is 2. The Balaban J connectivity index is 1.67. The van der Waals surface area contributed by atoms with E-state index in [-0.39, 0.29) is 29.5 Å². The third-order valence-corrected chi connectivity index (χ3v) is 6.08. The Hall–Kier alpha value is -2.84. The third kappa shape index (κ3) is 6.11. The molecule has 7 nitrogen and oxygen atoms in total. The molecule has 0 saturated carbocycles. The highest BCUT2D eigenvalue weighted by Gasteiger charge is 2.25. The molecule has 2 N–H and O–H groups in total. The molecule has 32 heavy (non-hydrogen) atoms. The van der Waals surface area contributed by atoms with Gasteiger partial charge in [0.2, 0.25) is 5.91 Å². The lowest BCUT2D eigenvalue weighted by molar-refractivity contribution is -0.113. The fraction of sp³-hybridized carbons (Fsp3) is 0.304. The largest absolute Gasteiger partial charge is 0.342 e. The Labute approximate surface area is 197 Å². The van der Waals surface area contributed by atoms with Gasteiger partial charge in [-0.15, -0.1) is 10.2 Å². The van der Waals surface area contributed by atoms with E-state index in [0.717, 1.165) is 5.56 Å². The van der Waals surface area contributed by atoms with Gasteiger partial charge in [-0.3, -0.25) is 9.59 Å². The van der Waals surface area contributed by atoms with E-state index >= 15 is 0 Å². The Kier molecular flexibility index (Phi) is 7.93. The molecule has 2 aromatic carbocycles. The maximum absolute atomic E-state index is 12.8. The van der Waals surface area contributed by atoms with Gasteiger partial charge in [0, 0.05) is 23.3 Å². The van der Waals surface area contributed by atoms with Crippen LogP contribution in [0.3, 0.4) is 0 Å². The SMILES string of the molecule is Cc1cccc(C(=O)NC(c2nnc(SCC(=O)Nc3cccc(Cl)c3)n2C)C(C)C)c1. The molecule has 1 unspecified atom stereocenters. The van der Waals surface area contributed by atoms with Crippen LogP contribution in [0.2, 0.25) is 5.02 Å². The third-order valence-electron chi connectivity index (χ3n) is 4.82. The fourth-order valence-corrected chi connectivity index (χ4v) is 4.06. The maximum Gasteiger partial charge on any atom is 0.251 e. The normalized spacial score (nSPS) is 11.9. The number of carbonyl (C=O) groups excluding carboxylic acids is 2. The molecule has 0 fully saturated rings. The quantitative estimate of drug-likeness (QED) is 0.467. The summed E-state index contributed by atoms with van der Waals surface area (Å²) in [7, 11) is 1.83. The Morgan fingerprint density at radius 2 is 1.88 bits per heavy atom. The second-order valence-electron chi connectivity index (χ2n) is 7.81. The van der Waals surface area contributed by atoms with E-state index in [1.165, 1.54) is 11.8 Å². The van der Waals surface area contributed by atoms with Crippen LogP contribution in [-0.2, 0) is 11.8 Å². The van der Waals surface area contributed by atoms with Crippen LogP contribution >= 0.6 is 23.4 Å². The molecule has 1 heterocycles. The van der Waals surface area contributed by atoms with Crippen LogP contribution in [0.5, 0.6) is 0 Å². The number of carbonyl (C=O) groups is 2. The van der Waals surface area contributed by atoms with E-state index in [2.05, 4.69) is 20.8 Å². The van der Waals surface area contributed by atoms with E-state index in [4.69, 9.17) is 11.6 Å². The minimum absolute atomic E-state index is 0.0932. The number of aromatic nitrogens is 3. The number of aryl methyl sites for hydroxylation is 1. The number of halogens is 1. The number of thioether (sulfide) groups is 1. The lowest BCUT2D eigenvalue weighted by Crippen LogP contribution is -2.33. The summed E-state index contributed by atoms with van der Waals surface area (Å²) >= 11 is 7.23. The molecule has 0 aliphatic heterocycles. The molecule has 1 aromatic heterocycles. The average molecular weight is 472 g/mol. The van der Waals surface area contributed by atoms with E-state index in [1.54, 1.807) is 30.3 Å². The van der Waals surface area contributed by atoms with Crippen LogP contribution in [0.25, 0.3) is 0 Å². The molecule has 168 valence electrons. The zero-order valence-electron chi connectivity index (χ0n) is 18.4. The molecule has 3 rings (SSSR count). The Morgan fingerprint density at radius 1 is 1.12 bits per heavy atom. The number of amides is 2. The second kappa shape index (κ2) is 10.7. The summed E-state index contributed by atoms with van der Waals surface area (Å²) < 4.78 is 1.82. The molecule has 0 bridgehead atoms. The Bertz CT molecular complexity index is 1120. The van der Waals surface area contributed by atoms with Crippen molar-refractivity contribution < 1.29 is 9.59 Å². The number of rotatable bonds is 8. The van der Waals surface area contributed by atoms with Gasteiger partial charge >= 0.3 is 0 Å². The number of nitrogens with one attached hydrogen (secondary N) is 2. The first-order valence-electron chi connectivity index (χ1n) is 10.2. The minimum atomic E-state index is -0.324. The predicted molar refractivity (Wildman–Crippen MR) is 128 cm³/mol. The second-order valence-corrected chi connectivity index (χ2v) is 9.19. The molecular weight excluding hydrogens is 446 g/mol. The average Bonchev–Trinajstić information content (AvgIpc) is 3.10. The molecule has 2 amide bonds. The van der Waals surface area contributed by atoms with E-state index in [9.17, 15) is 9.59 Å². The van der Waals surface area contributed by atoms with Crippen LogP contribution in [0.15, 0.2) is 53.7 Å². The summed E-state index contributed by atoms with van der Waals surface area (Å²) in [6.07, 6.45) is 0. The summed E-state index contributed by atoms with van der Waals surface area (Å²) in [5, 5.41) is 15.6. The van der Waals surface area contributed by atoms with Crippen molar-refractivity contribution in [2.75, 3.05) is 11.1 Å². The van der Waals surface area contributed by atoms with Gasteiger partial charge < -0.3 is 15.2 Å². The molecule has 0 saturated heterocycles. The highest BCUT2D eigenvalue weighted by atomic mass is 35.5. The summed E-state index contributed by atoms with van der Waals surface area (Å²) in [5.41, 5.74) is 2.26. The number of nitrogens with zero attached hydrogens (tertiary/aromatic N) is 3. The van der Waals surface area contributed by atoms with Crippen molar-refractivity contribution in [1.82, 2.24) is 20.1 Å². The van der Waals surface area contributed by atoms with E-state index in [0.29, 0.717) is 27.3 Å². The van der Waals surface area contributed by atoms with Crippen molar-refractivity contribution >= 4 is 40.9 Å². The maximum atomic E-state index is 12.8. The van der Waals surface area contributed by atoms with Crippen LogP contribution in [-0.4, -0.2) is 32.3 Å². The van der Waals surface area contributed by atoms with Crippen molar-refractivity contribution in [3.05, 3.63) is 70.5 Å². The van der Waals surface area contributed by atoms with Crippen molar-refractivity contribution in [3.63, 3.8) is 0 Å². The standard InChI is InChI=1S/C23H26ClN5O2S/c1-14(2)20(26-22(31)16-8-5-7-15(3)11-16)21-27-28-23(29(21)4)32-13-19(30)25-18-10-6-9-17(24)12-18/h5-12,14,20H,13H2,1-4H3,(H,25,30)(H,26,31). The Morgan fingerprint density at radius 3 is 2.56 bits per heavy atom. The van der Waals surface area contributed by atoms with Crippen molar-refractivity contribution in [2.24, 2.45) is 13.0 Å². The fourth-order valence-electron chi connectivity index (χ4n) is 3.16. The molecule has 9 heteroatoms. The smallest absolute Gasteiger partial charge is 0.251 e.